The van der Waals surface area contributed by atoms with Crippen LogP contribution in [0.2, 0.25) is 0 Å². The lowest BCUT2D eigenvalue weighted by Crippen LogP contribution is -2.51. The third-order valence-electron chi connectivity index (χ3n) is 2.96. The SMILES string of the molecule is CCOC(=O)C1CSCCN1C(=O)Cn1cc(N)cn1. The Morgan fingerprint density at radius 2 is 2.40 bits per heavy atom. The summed E-state index contributed by atoms with van der Waals surface area (Å²) >= 11 is 1.65. The Morgan fingerprint density at radius 1 is 1.60 bits per heavy atom. The first-order valence-electron chi connectivity index (χ1n) is 6.43. The van der Waals surface area contributed by atoms with Crippen molar-refractivity contribution in [3.8, 4) is 0 Å². The second kappa shape index (κ2) is 6.65. The molecule has 1 saturated heterocycles. The van der Waals surface area contributed by atoms with Crippen molar-refractivity contribution in [1.82, 2.24) is 14.7 Å². The average molecular weight is 298 g/mol. The van der Waals surface area contributed by atoms with Crippen LogP contribution in [0.1, 0.15) is 6.92 Å². The van der Waals surface area contributed by atoms with Gasteiger partial charge in [0.2, 0.25) is 5.91 Å². The molecule has 0 radical (unpaired) electrons. The Balaban J connectivity index is 2.03. The van der Waals surface area contributed by atoms with Crippen molar-refractivity contribution >= 4 is 29.3 Å². The lowest BCUT2D eigenvalue weighted by atomic mass is 10.2. The van der Waals surface area contributed by atoms with Crippen LogP contribution in [0.3, 0.4) is 0 Å². The number of amides is 1. The molecule has 20 heavy (non-hydrogen) atoms. The number of hydrogen-bond donors (Lipinski definition) is 1. The second-order valence-corrected chi connectivity index (χ2v) is 5.55. The molecule has 1 aromatic heterocycles. The summed E-state index contributed by atoms with van der Waals surface area (Å²) in [7, 11) is 0. The fraction of sp³-hybridized carbons (Fsp3) is 0.583. The topological polar surface area (TPSA) is 90.5 Å². The fourth-order valence-corrected chi connectivity index (χ4v) is 3.06. The van der Waals surface area contributed by atoms with E-state index in [1.54, 1.807) is 29.8 Å². The quantitative estimate of drug-likeness (QED) is 0.785. The molecule has 0 spiro atoms. The Bertz CT molecular complexity index is 491. The number of carbonyl (C=O) groups is 2. The zero-order valence-electron chi connectivity index (χ0n) is 11.3. The minimum absolute atomic E-state index is 0.0811. The van der Waals surface area contributed by atoms with E-state index in [0.29, 0.717) is 24.6 Å². The number of anilines is 1. The van der Waals surface area contributed by atoms with E-state index >= 15 is 0 Å². The first kappa shape index (κ1) is 14.7. The maximum atomic E-state index is 12.3. The average Bonchev–Trinajstić information content (AvgIpc) is 2.84. The lowest BCUT2D eigenvalue weighted by Gasteiger charge is -2.33. The highest BCUT2D eigenvalue weighted by Crippen LogP contribution is 2.18. The molecular weight excluding hydrogens is 280 g/mol. The smallest absolute Gasteiger partial charge is 0.329 e. The number of nitrogens with zero attached hydrogens (tertiary/aromatic N) is 3. The third kappa shape index (κ3) is 3.44. The van der Waals surface area contributed by atoms with Crippen LogP contribution in [0.25, 0.3) is 0 Å². The van der Waals surface area contributed by atoms with E-state index in [9.17, 15) is 9.59 Å². The van der Waals surface area contributed by atoms with E-state index in [1.165, 1.54) is 10.9 Å². The molecule has 1 aliphatic heterocycles. The van der Waals surface area contributed by atoms with Crippen LogP contribution in [0, 0.1) is 0 Å². The standard InChI is InChI=1S/C12H18N4O3S/c1-2-19-12(18)10-8-20-4-3-16(10)11(17)7-15-6-9(13)5-14-15/h5-6,10H,2-4,7-8,13H2,1H3. The van der Waals surface area contributed by atoms with Crippen LogP contribution in [-0.2, 0) is 20.9 Å². The van der Waals surface area contributed by atoms with Gasteiger partial charge in [-0.3, -0.25) is 9.48 Å². The summed E-state index contributed by atoms with van der Waals surface area (Å²) in [6.07, 6.45) is 3.08. The van der Waals surface area contributed by atoms with Gasteiger partial charge in [-0.2, -0.15) is 16.9 Å². The van der Waals surface area contributed by atoms with Crippen LogP contribution < -0.4 is 5.73 Å². The van der Waals surface area contributed by atoms with Crippen LogP contribution in [0.4, 0.5) is 5.69 Å². The summed E-state index contributed by atoms with van der Waals surface area (Å²) in [4.78, 5) is 25.8. The predicted molar refractivity (Wildman–Crippen MR) is 76.1 cm³/mol. The van der Waals surface area contributed by atoms with Crippen LogP contribution >= 0.6 is 11.8 Å². The molecule has 1 aromatic rings. The number of nitrogen functional groups attached to an aromatic ring is 1. The molecular formula is C12H18N4O3S. The second-order valence-electron chi connectivity index (χ2n) is 4.40. The van der Waals surface area contributed by atoms with E-state index in [4.69, 9.17) is 10.5 Å². The van der Waals surface area contributed by atoms with E-state index in [1.807, 2.05) is 0 Å². The van der Waals surface area contributed by atoms with Gasteiger partial charge in [0, 0.05) is 24.2 Å². The number of carbonyl (C=O) groups excluding carboxylic acids is 2. The fourth-order valence-electron chi connectivity index (χ4n) is 2.03. The number of nitrogens with two attached hydrogens (primary N) is 1. The highest BCUT2D eigenvalue weighted by molar-refractivity contribution is 7.99. The molecule has 1 aliphatic rings. The van der Waals surface area contributed by atoms with Crippen molar-refractivity contribution < 1.29 is 14.3 Å². The van der Waals surface area contributed by atoms with Crippen molar-refractivity contribution in [2.75, 3.05) is 30.4 Å². The zero-order chi connectivity index (χ0) is 14.5. The van der Waals surface area contributed by atoms with Gasteiger partial charge in [-0.1, -0.05) is 0 Å². The van der Waals surface area contributed by atoms with E-state index in [0.717, 1.165) is 5.75 Å². The van der Waals surface area contributed by atoms with Gasteiger partial charge in [-0.15, -0.1) is 0 Å². The van der Waals surface area contributed by atoms with Gasteiger partial charge < -0.3 is 15.4 Å². The number of rotatable bonds is 4. The summed E-state index contributed by atoms with van der Waals surface area (Å²) in [5, 5.41) is 3.98. The number of thioether (sulfide) groups is 1. The third-order valence-corrected chi connectivity index (χ3v) is 3.98. The molecule has 2 N–H and O–H groups in total. The molecule has 1 amide bonds. The summed E-state index contributed by atoms with van der Waals surface area (Å²) in [6, 6.07) is -0.505. The van der Waals surface area contributed by atoms with Crippen LogP contribution in [0.15, 0.2) is 12.4 Å². The van der Waals surface area contributed by atoms with Crippen molar-refractivity contribution in [2.45, 2.75) is 19.5 Å². The van der Waals surface area contributed by atoms with Gasteiger partial charge in [0.1, 0.15) is 12.6 Å². The van der Waals surface area contributed by atoms with Gasteiger partial charge >= 0.3 is 5.97 Å². The Hall–Kier alpha value is -1.70. The predicted octanol–water partition coefficient (Wildman–Crippen LogP) is -0.0276. The minimum Gasteiger partial charge on any atom is -0.464 e. The molecule has 0 aromatic carbocycles. The molecule has 0 aliphatic carbocycles. The first-order valence-corrected chi connectivity index (χ1v) is 7.59. The maximum absolute atomic E-state index is 12.3. The lowest BCUT2D eigenvalue weighted by molar-refractivity contribution is -0.154. The van der Waals surface area contributed by atoms with Crippen molar-refractivity contribution in [3.63, 3.8) is 0 Å². The zero-order valence-corrected chi connectivity index (χ0v) is 12.1. The molecule has 2 rings (SSSR count). The van der Waals surface area contributed by atoms with E-state index in [2.05, 4.69) is 5.10 Å². The van der Waals surface area contributed by atoms with Crippen LogP contribution in [0.5, 0.6) is 0 Å². The molecule has 1 atom stereocenters. The number of ether oxygens (including phenoxy) is 1. The van der Waals surface area contributed by atoms with Crippen molar-refractivity contribution in [3.05, 3.63) is 12.4 Å². The Morgan fingerprint density at radius 3 is 3.05 bits per heavy atom. The Labute approximate surface area is 121 Å². The van der Waals surface area contributed by atoms with Crippen LogP contribution in [-0.4, -0.2) is 57.3 Å². The largest absolute Gasteiger partial charge is 0.464 e. The first-order chi connectivity index (χ1) is 9.61. The summed E-state index contributed by atoms with van der Waals surface area (Å²) in [5.41, 5.74) is 6.07. The van der Waals surface area contributed by atoms with Gasteiger partial charge in [0.25, 0.3) is 0 Å². The summed E-state index contributed by atoms with van der Waals surface area (Å²) in [6.45, 7) is 2.70. The highest BCUT2D eigenvalue weighted by atomic mass is 32.2. The number of esters is 1. The normalized spacial score (nSPS) is 18.9. The van der Waals surface area contributed by atoms with E-state index in [-0.39, 0.29) is 18.4 Å². The van der Waals surface area contributed by atoms with E-state index < -0.39 is 6.04 Å². The molecule has 110 valence electrons. The van der Waals surface area contributed by atoms with Crippen molar-refractivity contribution in [2.24, 2.45) is 0 Å². The molecule has 2 heterocycles. The molecule has 0 saturated carbocycles. The van der Waals surface area contributed by atoms with Gasteiger partial charge in [0.15, 0.2) is 0 Å². The maximum Gasteiger partial charge on any atom is 0.329 e. The molecule has 1 fully saturated rings. The monoisotopic (exact) mass is 298 g/mol. The van der Waals surface area contributed by atoms with Gasteiger partial charge in [0.05, 0.1) is 18.5 Å². The molecule has 1 unspecified atom stereocenters. The van der Waals surface area contributed by atoms with Gasteiger partial charge in [-0.05, 0) is 6.92 Å². The van der Waals surface area contributed by atoms with Gasteiger partial charge in [-0.25, -0.2) is 4.79 Å². The Kier molecular flexibility index (Phi) is 4.89. The summed E-state index contributed by atoms with van der Waals surface area (Å²) < 4.78 is 6.50. The number of hydrogen-bond acceptors (Lipinski definition) is 6. The molecule has 0 bridgehead atoms. The minimum atomic E-state index is -0.505. The molecule has 7 nitrogen and oxygen atoms in total. The van der Waals surface area contributed by atoms with Crippen molar-refractivity contribution in [1.29, 1.82) is 0 Å². The number of aromatic nitrogens is 2. The highest BCUT2D eigenvalue weighted by Gasteiger charge is 2.33. The summed E-state index contributed by atoms with van der Waals surface area (Å²) in [5.74, 6) is 0.911. The molecule has 8 heteroatoms.